The molecule has 1 N–H and O–H groups in total. The van der Waals surface area contributed by atoms with E-state index in [9.17, 15) is 14.9 Å². The number of rotatable bonds is 13. The van der Waals surface area contributed by atoms with Crippen LogP contribution >= 0.6 is 12.2 Å². The van der Waals surface area contributed by atoms with Crippen LogP contribution in [0.2, 0.25) is 0 Å². The topological polar surface area (TPSA) is 112 Å². The first-order valence-electron chi connectivity index (χ1n) is 13.1. The number of amides is 1. The van der Waals surface area contributed by atoms with E-state index < -0.39 is 4.92 Å². The van der Waals surface area contributed by atoms with Gasteiger partial charge in [0.1, 0.15) is 23.8 Å². The van der Waals surface area contributed by atoms with E-state index in [2.05, 4.69) is 5.32 Å². The van der Waals surface area contributed by atoms with Crippen molar-refractivity contribution in [3.05, 3.63) is 93.2 Å². The lowest BCUT2D eigenvalue weighted by atomic mass is 10.1. The third kappa shape index (κ3) is 7.31. The zero-order chi connectivity index (χ0) is 29.4. The molecule has 0 radical (unpaired) electrons. The Labute approximate surface area is 243 Å². The maximum Gasteiger partial charge on any atom is 0.276 e. The fraction of sp³-hybridized carbons (Fsp3) is 0.267. The van der Waals surface area contributed by atoms with Crippen LogP contribution in [-0.4, -0.2) is 47.7 Å². The number of carbonyl (C=O) groups is 1. The molecule has 1 fully saturated rings. The molecule has 0 saturated carbocycles. The fourth-order valence-corrected chi connectivity index (χ4v) is 4.54. The number of carbonyl (C=O) groups excluding carboxylic acids is 1. The number of hydrogen-bond donors (Lipinski definition) is 1. The van der Waals surface area contributed by atoms with E-state index >= 15 is 0 Å². The molecule has 1 aliphatic heterocycles. The first kappa shape index (κ1) is 29.3. The molecule has 0 aromatic heterocycles. The molecule has 0 bridgehead atoms. The minimum absolute atomic E-state index is 0.0148. The number of non-ortho nitro benzene ring substituents is 1. The molecular weight excluding hydrogens is 546 g/mol. The van der Waals surface area contributed by atoms with Crippen LogP contribution in [0.3, 0.4) is 0 Å². The summed E-state index contributed by atoms with van der Waals surface area (Å²) in [6, 6.07) is 17.1. The zero-order valence-electron chi connectivity index (χ0n) is 23.0. The second kappa shape index (κ2) is 13.6. The lowest BCUT2D eigenvalue weighted by Gasteiger charge is -2.16. The molecule has 10 nitrogen and oxygen atoms in total. The molecule has 1 heterocycles. The van der Waals surface area contributed by atoms with Crippen LogP contribution in [0, 0.1) is 10.1 Å². The van der Waals surface area contributed by atoms with Crippen LogP contribution < -0.4 is 24.3 Å². The van der Waals surface area contributed by atoms with Gasteiger partial charge in [-0.05, 0) is 86.1 Å². The van der Waals surface area contributed by atoms with Gasteiger partial charge >= 0.3 is 0 Å². The Kier molecular flexibility index (Phi) is 9.75. The number of nitrogens with zero attached hydrogens (tertiary/aromatic N) is 2. The number of benzene rings is 3. The van der Waals surface area contributed by atoms with Gasteiger partial charge in [0.15, 0.2) is 16.6 Å². The smallest absolute Gasteiger partial charge is 0.276 e. The predicted octanol–water partition coefficient (Wildman–Crippen LogP) is 5.28. The molecule has 0 aliphatic carbocycles. The normalized spacial score (nSPS) is 13.7. The molecule has 1 amide bonds. The summed E-state index contributed by atoms with van der Waals surface area (Å²) in [7, 11) is 1.56. The van der Waals surface area contributed by atoms with Crippen molar-refractivity contribution in [1.29, 1.82) is 0 Å². The van der Waals surface area contributed by atoms with Crippen LogP contribution in [0.1, 0.15) is 30.5 Å². The molecule has 3 aromatic carbocycles. The number of thiocarbonyl (C=S) groups is 1. The van der Waals surface area contributed by atoms with Crippen molar-refractivity contribution in [1.82, 2.24) is 10.2 Å². The van der Waals surface area contributed by atoms with Crippen molar-refractivity contribution >= 4 is 35.0 Å². The molecule has 41 heavy (non-hydrogen) atoms. The van der Waals surface area contributed by atoms with Gasteiger partial charge in [-0.1, -0.05) is 12.1 Å². The van der Waals surface area contributed by atoms with Crippen molar-refractivity contribution in [3.8, 4) is 23.0 Å². The molecule has 3 aromatic rings. The number of nitro benzene ring substituents is 1. The Morgan fingerprint density at radius 1 is 0.951 bits per heavy atom. The Balaban J connectivity index is 1.44. The highest BCUT2D eigenvalue weighted by molar-refractivity contribution is 7.80. The van der Waals surface area contributed by atoms with Gasteiger partial charge in [0.25, 0.3) is 11.6 Å². The first-order chi connectivity index (χ1) is 19.8. The van der Waals surface area contributed by atoms with Gasteiger partial charge in [-0.15, -0.1) is 0 Å². The third-order valence-electron chi connectivity index (χ3n) is 6.25. The highest BCUT2D eigenvalue weighted by Gasteiger charge is 2.30. The third-order valence-corrected chi connectivity index (χ3v) is 6.57. The molecular formula is C30H31N3O7S. The molecule has 11 heteroatoms. The van der Waals surface area contributed by atoms with E-state index in [0.717, 1.165) is 16.7 Å². The highest BCUT2D eigenvalue weighted by atomic mass is 32.1. The summed E-state index contributed by atoms with van der Waals surface area (Å²) < 4.78 is 22.6. The van der Waals surface area contributed by atoms with Crippen molar-refractivity contribution in [2.45, 2.75) is 26.9 Å². The van der Waals surface area contributed by atoms with Crippen LogP contribution in [0.5, 0.6) is 23.0 Å². The van der Waals surface area contributed by atoms with E-state index in [0.29, 0.717) is 60.0 Å². The van der Waals surface area contributed by atoms with Crippen LogP contribution in [0.4, 0.5) is 5.69 Å². The van der Waals surface area contributed by atoms with Crippen LogP contribution in [0.15, 0.2) is 66.4 Å². The Bertz CT molecular complexity index is 1460. The van der Waals surface area contributed by atoms with Crippen molar-refractivity contribution in [2.24, 2.45) is 0 Å². The van der Waals surface area contributed by atoms with Crippen LogP contribution in [0.25, 0.3) is 6.08 Å². The number of ether oxygens (including phenoxy) is 4. The van der Waals surface area contributed by atoms with Gasteiger partial charge in [-0.25, -0.2) is 0 Å². The van der Waals surface area contributed by atoms with Gasteiger partial charge in [-0.3, -0.25) is 19.8 Å². The van der Waals surface area contributed by atoms with E-state index in [4.69, 9.17) is 31.2 Å². The fourth-order valence-electron chi connectivity index (χ4n) is 4.26. The Hall–Kier alpha value is -4.64. The predicted molar refractivity (Wildman–Crippen MR) is 158 cm³/mol. The number of nitrogens with one attached hydrogen (secondary N) is 1. The SMILES string of the molecule is CCOc1ccc(CCN2C(=O)/C(=C\c3ccc(OC)c(COc4ccc([N+](=O)[O-])cc4)c3)NC2=S)cc1OCC. The van der Waals surface area contributed by atoms with E-state index in [1.165, 1.54) is 24.3 Å². The quantitative estimate of drug-likeness (QED) is 0.125. The Morgan fingerprint density at radius 3 is 2.34 bits per heavy atom. The lowest BCUT2D eigenvalue weighted by molar-refractivity contribution is -0.384. The number of methoxy groups -OCH3 is 1. The molecule has 0 unspecified atom stereocenters. The van der Waals surface area contributed by atoms with Gasteiger partial charge < -0.3 is 24.3 Å². The molecule has 1 aliphatic rings. The maximum atomic E-state index is 13.2. The average molecular weight is 578 g/mol. The standard InChI is InChI=1S/C30H31N3O7S/c1-4-38-27-13-6-20(18-28(27)39-5-2)14-15-32-29(34)25(31-30(32)41)17-21-7-12-26(37-3)22(16-21)19-40-24-10-8-23(9-11-24)33(35)36/h6-13,16-18H,4-5,14-15,19H2,1-3H3,(H,31,41)/b25-17+. The number of nitro groups is 1. The minimum Gasteiger partial charge on any atom is -0.496 e. The summed E-state index contributed by atoms with van der Waals surface area (Å²) in [6.45, 7) is 5.46. The van der Waals surface area contributed by atoms with Crippen LogP contribution in [-0.2, 0) is 17.8 Å². The Morgan fingerprint density at radius 2 is 1.66 bits per heavy atom. The summed E-state index contributed by atoms with van der Waals surface area (Å²) in [5, 5.41) is 14.2. The minimum atomic E-state index is -0.465. The van der Waals surface area contributed by atoms with Gasteiger partial charge in [-0.2, -0.15) is 0 Å². The maximum absolute atomic E-state index is 13.2. The van der Waals surface area contributed by atoms with E-state index in [1.807, 2.05) is 44.2 Å². The molecule has 0 spiro atoms. The zero-order valence-corrected chi connectivity index (χ0v) is 23.9. The summed E-state index contributed by atoms with van der Waals surface area (Å²) in [6.07, 6.45) is 2.31. The van der Waals surface area contributed by atoms with Gasteiger partial charge in [0.2, 0.25) is 0 Å². The van der Waals surface area contributed by atoms with Crippen molar-refractivity contribution < 1.29 is 28.7 Å². The molecule has 214 valence electrons. The second-order valence-electron chi connectivity index (χ2n) is 8.95. The van der Waals surface area contributed by atoms with E-state index in [1.54, 1.807) is 24.2 Å². The summed E-state index contributed by atoms with van der Waals surface area (Å²) in [4.78, 5) is 25.2. The summed E-state index contributed by atoms with van der Waals surface area (Å²) in [5.74, 6) is 2.24. The molecule has 1 saturated heterocycles. The van der Waals surface area contributed by atoms with E-state index in [-0.39, 0.29) is 18.2 Å². The monoisotopic (exact) mass is 577 g/mol. The molecule has 4 rings (SSSR count). The largest absolute Gasteiger partial charge is 0.496 e. The number of hydrogen-bond acceptors (Lipinski definition) is 8. The van der Waals surface area contributed by atoms with Gasteiger partial charge in [0, 0.05) is 24.2 Å². The second-order valence-corrected chi connectivity index (χ2v) is 9.34. The average Bonchev–Trinajstić information content (AvgIpc) is 3.23. The van der Waals surface area contributed by atoms with Gasteiger partial charge in [0.05, 0.1) is 25.2 Å². The highest BCUT2D eigenvalue weighted by Crippen LogP contribution is 2.29. The van der Waals surface area contributed by atoms with Crippen molar-refractivity contribution in [2.75, 3.05) is 26.9 Å². The summed E-state index contributed by atoms with van der Waals surface area (Å²) >= 11 is 5.46. The van der Waals surface area contributed by atoms with Crippen molar-refractivity contribution in [3.63, 3.8) is 0 Å². The lowest BCUT2D eigenvalue weighted by Crippen LogP contribution is -2.32. The summed E-state index contributed by atoms with van der Waals surface area (Å²) in [5.41, 5.74) is 2.84. The molecule has 0 atom stereocenters. The first-order valence-corrected chi connectivity index (χ1v) is 13.5.